The third-order valence-electron chi connectivity index (χ3n) is 5.20. The summed E-state index contributed by atoms with van der Waals surface area (Å²) in [7, 11) is 0. The first-order valence-corrected chi connectivity index (χ1v) is 10.0. The van der Waals surface area contributed by atoms with Gasteiger partial charge in [-0.05, 0) is 56.0 Å². The zero-order valence-corrected chi connectivity index (χ0v) is 16.6. The van der Waals surface area contributed by atoms with Gasteiger partial charge in [0, 0.05) is 23.2 Å². The third kappa shape index (κ3) is 3.45. The van der Waals surface area contributed by atoms with E-state index in [4.69, 9.17) is 4.52 Å². The van der Waals surface area contributed by atoms with Gasteiger partial charge in [0.2, 0.25) is 0 Å². The SMILES string of the molecule is Cc1cccc(NC(=O)c2ccc([C@@H]3CCCN3C(=O)c3ccon3)s2)c1C. The minimum absolute atomic E-state index is 0.0311. The summed E-state index contributed by atoms with van der Waals surface area (Å²) < 4.78 is 4.80. The highest BCUT2D eigenvalue weighted by Crippen LogP contribution is 2.37. The van der Waals surface area contributed by atoms with Crippen molar-refractivity contribution in [3.8, 4) is 0 Å². The van der Waals surface area contributed by atoms with Gasteiger partial charge in [-0.15, -0.1) is 11.3 Å². The molecule has 0 radical (unpaired) electrons. The molecule has 0 bridgehead atoms. The minimum Gasteiger partial charge on any atom is -0.364 e. The fraction of sp³-hybridized carbons (Fsp3) is 0.286. The van der Waals surface area contributed by atoms with Crippen LogP contribution >= 0.6 is 11.3 Å². The highest BCUT2D eigenvalue weighted by Gasteiger charge is 2.33. The molecule has 1 aromatic carbocycles. The zero-order valence-electron chi connectivity index (χ0n) is 15.8. The molecular formula is C21H21N3O3S. The standard InChI is InChI=1S/C21H21N3O3S/c1-13-5-3-6-15(14(13)2)22-20(25)19-9-8-18(28-19)17-7-4-11-24(17)21(26)16-10-12-27-23-16/h3,5-6,8-10,12,17H,4,7,11H2,1-2H3,(H,22,25)/t17-/m0/s1. The van der Waals surface area contributed by atoms with Crippen molar-refractivity contribution in [2.75, 3.05) is 11.9 Å². The number of hydrogen-bond acceptors (Lipinski definition) is 5. The fourth-order valence-corrected chi connectivity index (χ4v) is 4.55. The predicted molar refractivity (Wildman–Crippen MR) is 108 cm³/mol. The van der Waals surface area contributed by atoms with Crippen LogP contribution in [0.4, 0.5) is 5.69 Å². The number of amides is 2. The average Bonchev–Trinajstić information content (AvgIpc) is 3.45. The summed E-state index contributed by atoms with van der Waals surface area (Å²) in [6.45, 7) is 4.70. The van der Waals surface area contributed by atoms with Crippen LogP contribution in [0, 0.1) is 13.8 Å². The Morgan fingerprint density at radius 1 is 1.21 bits per heavy atom. The molecule has 7 heteroatoms. The highest BCUT2D eigenvalue weighted by atomic mass is 32.1. The molecule has 3 aromatic rings. The molecule has 0 unspecified atom stereocenters. The second-order valence-corrected chi connectivity index (χ2v) is 8.06. The Labute approximate surface area is 167 Å². The molecule has 4 rings (SSSR count). The maximum atomic E-state index is 12.7. The van der Waals surface area contributed by atoms with Gasteiger partial charge in [-0.1, -0.05) is 17.3 Å². The van der Waals surface area contributed by atoms with Gasteiger partial charge in [0.1, 0.15) is 6.26 Å². The van der Waals surface area contributed by atoms with Gasteiger partial charge >= 0.3 is 0 Å². The number of likely N-dealkylation sites (tertiary alicyclic amines) is 1. The van der Waals surface area contributed by atoms with E-state index in [2.05, 4.69) is 10.5 Å². The van der Waals surface area contributed by atoms with E-state index in [9.17, 15) is 9.59 Å². The zero-order chi connectivity index (χ0) is 19.7. The molecule has 1 fully saturated rings. The molecule has 3 heterocycles. The van der Waals surface area contributed by atoms with Gasteiger partial charge in [0.15, 0.2) is 5.69 Å². The molecular weight excluding hydrogens is 374 g/mol. The molecule has 144 valence electrons. The Morgan fingerprint density at radius 2 is 2.07 bits per heavy atom. The fourth-order valence-electron chi connectivity index (χ4n) is 3.50. The highest BCUT2D eigenvalue weighted by molar-refractivity contribution is 7.14. The van der Waals surface area contributed by atoms with Crippen LogP contribution in [0.2, 0.25) is 0 Å². The Balaban J connectivity index is 1.51. The van der Waals surface area contributed by atoms with Crippen LogP contribution in [0.5, 0.6) is 0 Å². The Morgan fingerprint density at radius 3 is 2.86 bits per heavy atom. The van der Waals surface area contributed by atoms with E-state index >= 15 is 0 Å². The van der Waals surface area contributed by atoms with Crippen LogP contribution in [0.25, 0.3) is 0 Å². The predicted octanol–water partition coefficient (Wildman–Crippen LogP) is 4.58. The summed E-state index contributed by atoms with van der Waals surface area (Å²) in [4.78, 5) is 28.8. The molecule has 1 aliphatic heterocycles. The number of carbonyl (C=O) groups is 2. The van der Waals surface area contributed by atoms with E-state index < -0.39 is 0 Å². The summed E-state index contributed by atoms with van der Waals surface area (Å²) in [5.74, 6) is -0.261. The largest absolute Gasteiger partial charge is 0.364 e. The van der Waals surface area contributed by atoms with Gasteiger partial charge < -0.3 is 14.7 Å². The molecule has 1 saturated heterocycles. The first kappa shape index (κ1) is 18.4. The van der Waals surface area contributed by atoms with Gasteiger partial charge in [-0.25, -0.2) is 0 Å². The van der Waals surface area contributed by atoms with E-state index in [1.54, 1.807) is 6.07 Å². The first-order valence-electron chi connectivity index (χ1n) is 9.23. The molecule has 28 heavy (non-hydrogen) atoms. The number of rotatable bonds is 4. The van der Waals surface area contributed by atoms with Crippen molar-refractivity contribution in [3.05, 3.63) is 69.2 Å². The van der Waals surface area contributed by atoms with Crippen molar-refractivity contribution >= 4 is 28.8 Å². The number of nitrogens with zero attached hydrogens (tertiary/aromatic N) is 2. The van der Waals surface area contributed by atoms with Gasteiger partial charge in [0.25, 0.3) is 11.8 Å². The number of thiophene rings is 1. The van der Waals surface area contributed by atoms with E-state index in [0.717, 1.165) is 34.5 Å². The maximum Gasteiger partial charge on any atom is 0.276 e. The Hall–Kier alpha value is -2.93. The molecule has 1 N–H and O–H groups in total. The molecule has 6 nitrogen and oxygen atoms in total. The summed E-state index contributed by atoms with van der Waals surface area (Å²) in [6, 6.07) is 11.2. The number of hydrogen-bond donors (Lipinski definition) is 1. The van der Waals surface area contributed by atoms with Crippen molar-refractivity contribution in [3.63, 3.8) is 0 Å². The van der Waals surface area contributed by atoms with E-state index in [0.29, 0.717) is 17.1 Å². The number of aryl methyl sites for hydroxylation is 1. The topological polar surface area (TPSA) is 75.4 Å². The lowest BCUT2D eigenvalue weighted by Crippen LogP contribution is -2.30. The third-order valence-corrected chi connectivity index (χ3v) is 6.39. The lowest BCUT2D eigenvalue weighted by molar-refractivity contribution is 0.0727. The summed E-state index contributed by atoms with van der Waals surface area (Å²) >= 11 is 1.44. The second kappa shape index (κ2) is 7.59. The van der Waals surface area contributed by atoms with Crippen LogP contribution in [-0.2, 0) is 0 Å². The minimum atomic E-state index is -0.133. The summed E-state index contributed by atoms with van der Waals surface area (Å²) in [5, 5.41) is 6.75. The van der Waals surface area contributed by atoms with Crippen molar-refractivity contribution < 1.29 is 14.1 Å². The summed E-state index contributed by atoms with van der Waals surface area (Å²) in [6.07, 6.45) is 3.21. The second-order valence-electron chi connectivity index (χ2n) is 6.94. The number of benzene rings is 1. The molecule has 2 amide bonds. The van der Waals surface area contributed by atoms with Crippen LogP contribution in [0.3, 0.4) is 0 Å². The first-order chi connectivity index (χ1) is 13.5. The normalized spacial score (nSPS) is 16.4. The number of aromatic nitrogens is 1. The van der Waals surface area contributed by atoms with E-state index in [1.807, 2.05) is 49.1 Å². The molecule has 0 saturated carbocycles. The molecule has 0 spiro atoms. The van der Waals surface area contributed by atoms with Gasteiger partial charge in [-0.3, -0.25) is 9.59 Å². The van der Waals surface area contributed by atoms with Crippen LogP contribution in [0.15, 0.2) is 47.2 Å². The molecule has 2 aromatic heterocycles. The Kier molecular flexibility index (Phi) is 5.00. The number of nitrogens with one attached hydrogen (secondary N) is 1. The van der Waals surface area contributed by atoms with Gasteiger partial charge in [0.05, 0.1) is 10.9 Å². The summed E-state index contributed by atoms with van der Waals surface area (Å²) in [5.41, 5.74) is 3.34. The molecule has 0 aliphatic carbocycles. The van der Waals surface area contributed by atoms with E-state index in [1.165, 1.54) is 17.6 Å². The number of carbonyl (C=O) groups excluding carboxylic acids is 2. The van der Waals surface area contributed by atoms with Crippen molar-refractivity contribution in [2.24, 2.45) is 0 Å². The maximum absolute atomic E-state index is 12.7. The van der Waals surface area contributed by atoms with Crippen molar-refractivity contribution in [2.45, 2.75) is 32.7 Å². The lowest BCUT2D eigenvalue weighted by Gasteiger charge is -2.22. The number of anilines is 1. The Bertz CT molecular complexity index is 1010. The van der Waals surface area contributed by atoms with Crippen LogP contribution < -0.4 is 5.32 Å². The average molecular weight is 395 g/mol. The van der Waals surface area contributed by atoms with Gasteiger partial charge in [-0.2, -0.15) is 0 Å². The smallest absolute Gasteiger partial charge is 0.276 e. The monoisotopic (exact) mass is 395 g/mol. The van der Waals surface area contributed by atoms with Crippen LogP contribution in [-0.4, -0.2) is 28.4 Å². The van der Waals surface area contributed by atoms with Crippen molar-refractivity contribution in [1.82, 2.24) is 10.1 Å². The lowest BCUT2D eigenvalue weighted by atomic mass is 10.1. The molecule has 1 aliphatic rings. The van der Waals surface area contributed by atoms with E-state index in [-0.39, 0.29) is 17.9 Å². The quantitative estimate of drug-likeness (QED) is 0.701. The van der Waals surface area contributed by atoms with Crippen LogP contribution in [0.1, 0.15) is 55.0 Å². The molecule has 1 atom stereocenters. The van der Waals surface area contributed by atoms with Crippen molar-refractivity contribution in [1.29, 1.82) is 0 Å².